The number of pyridine rings is 1. The molecule has 2 aliphatic rings. The predicted molar refractivity (Wildman–Crippen MR) is 142 cm³/mol. The van der Waals surface area contributed by atoms with E-state index in [1.54, 1.807) is 6.20 Å². The molecule has 0 aliphatic carbocycles. The quantitative estimate of drug-likeness (QED) is 0.336. The molecule has 2 aliphatic heterocycles. The summed E-state index contributed by atoms with van der Waals surface area (Å²) in [5.41, 5.74) is 10.9. The number of nitrogens with zero attached hydrogens (tertiary/aromatic N) is 2. The van der Waals surface area contributed by atoms with Crippen molar-refractivity contribution in [3.63, 3.8) is 0 Å². The molecule has 4 N–H and O–H groups in total. The van der Waals surface area contributed by atoms with Gasteiger partial charge in [0.25, 0.3) is 0 Å². The number of fused-ring (bicyclic) bond motifs is 2. The molecule has 36 heavy (non-hydrogen) atoms. The lowest BCUT2D eigenvalue weighted by Crippen LogP contribution is -2.30. The highest BCUT2D eigenvalue weighted by molar-refractivity contribution is 7.13. The Kier molecular flexibility index (Phi) is 5.86. The molecule has 0 radical (unpaired) electrons. The molecule has 10 heteroatoms. The van der Waals surface area contributed by atoms with Crippen LogP contribution in [0.3, 0.4) is 0 Å². The molecule has 4 heterocycles. The Hall–Kier alpha value is -3.82. The van der Waals surface area contributed by atoms with Crippen LogP contribution in [0.2, 0.25) is 5.02 Å². The zero-order valence-electron chi connectivity index (χ0n) is 19.1. The van der Waals surface area contributed by atoms with Crippen molar-refractivity contribution in [3.05, 3.63) is 64.9 Å². The van der Waals surface area contributed by atoms with E-state index in [9.17, 15) is 4.79 Å². The number of hydrogen-bond donors (Lipinski definition) is 3. The average Bonchev–Trinajstić information content (AvgIpc) is 3.51. The number of ether oxygens (including phenoxy) is 2. The maximum absolute atomic E-state index is 11.5. The number of aromatic nitrogens is 2. The minimum absolute atomic E-state index is 0.0276. The molecule has 1 atom stereocenters. The lowest BCUT2D eigenvalue weighted by Gasteiger charge is -2.19. The van der Waals surface area contributed by atoms with Gasteiger partial charge in [0.1, 0.15) is 18.7 Å². The molecule has 2 aromatic heterocycles. The Bertz CT molecular complexity index is 1520. The minimum Gasteiger partial charge on any atom is -0.486 e. The van der Waals surface area contributed by atoms with Gasteiger partial charge in [-0.15, -0.1) is 0 Å². The summed E-state index contributed by atoms with van der Waals surface area (Å²) in [6.45, 7) is 1.07. The second kappa shape index (κ2) is 9.33. The Morgan fingerprint density at radius 2 is 2.06 bits per heavy atom. The van der Waals surface area contributed by atoms with Crippen LogP contribution in [0.25, 0.3) is 27.4 Å². The van der Waals surface area contributed by atoms with Crippen LogP contribution >= 0.6 is 23.1 Å². The van der Waals surface area contributed by atoms with Crippen LogP contribution in [-0.2, 0) is 4.79 Å². The van der Waals surface area contributed by atoms with E-state index in [4.69, 9.17) is 26.8 Å². The number of carbonyl (C=O) groups excluding carboxylic acids is 1. The van der Waals surface area contributed by atoms with Crippen molar-refractivity contribution in [2.75, 3.05) is 18.5 Å². The first kappa shape index (κ1) is 22.6. The molecule has 182 valence electrons. The average molecular weight is 520 g/mol. The summed E-state index contributed by atoms with van der Waals surface area (Å²) in [7, 11) is 0. The number of nitrogens with one attached hydrogen (secondary N) is 2. The van der Waals surface area contributed by atoms with E-state index in [2.05, 4.69) is 20.0 Å². The number of halogens is 1. The summed E-state index contributed by atoms with van der Waals surface area (Å²) in [5.74, 6) is 2.10. The zero-order chi connectivity index (χ0) is 24.6. The summed E-state index contributed by atoms with van der Waals surface area (Å²) in [6.07, 6.45) is 4.80. The fourth-order valence-corrected chi connectivity index (χ4v) is 5.38. The van der Waals surface area contributed by atoms with Crippen molar-refractivity contribution < 1.29 is 14.3 Å². The number of amides is 1. The van der Waals surface area contributed by atoms with Crippen molar-refractivity contribution in [3.8, 4) is 22.6 Å². The van der Waals surface area contributed by atoms with Gasteiger partial charge in [-0.2, -0.15) is 4.37 Å². The van der Waals surface area contributed by atoms with Gasteiger partial charge in [0.2, 0.25) is 5.91 Å². The smallest absolute Gasteiger partial charge is 0.220 e. The summed E-state index contributed by atoms with van der Waals surface area (Å²) in [4.78, 5) is 16.1. The summed E-state index contributed by atoms with van der Waals surface area (Å²) < 4.78 is 16.8. The molecule has 4 aromatic rings. The van der Waals surface area contributed by atoms with Gasteiger partial charge < -0.3 is 25.8 Å². The van der Waals surface area contributed by atoms with Crippen LogP contribution in [0.1, 0.15) is 18.4 Å². The van der Waals surface area contributed by atoms with Crippen molar-refractivity contribution in [2.24, 2.45) is 5.73 Å². The predicted octanol–water partition coefficient (Wildman–Crippen LogP) is 5.10. The van der Waals surface area contributed by atoms with Gasteiger partial charge >= 0.3 is 0 Å². The fourth-order valence-electron chi connectivity index (χ4n) is 4.35. The first-order valence-electron chi connectivity index (χ1n) is 11.5. The maximum Gasteiger partial charge on any atom is 0.220 e. The third kappa shape index (κ3) is 4.31. The van der Waals surface area contributed by atoms with Gasteiger partial charge in [-0.25, -0.2) is 0 Å². The molecule has 0 saturated carbocycles. The van der Waals surface area contributed by atoms with Gasteiger partial charge in [0, 0.05) is 23.9 Å². The first-order valence-corrected chi connectivity index (χ1v) is 12.7. The van der Waals surface area contributed by atoms with E-state index in [1.807, 2.05) is 48.5 Å². The highest BCUT2D eigenvalue weighted by Gasteiger charge is 2.22. The van der Waals surface area contributed by atoms with Crippen molar-refractivity contribution in [1.29, 1.82) is 0 Å². The Morgan fingerprint density at radius 3 is 2.89 bits per heavy atom. The van der Waals surface area contributed by atoms with Crippen molar-refractivity contribution >= 4 is 56.8 Å². The Balaban J connectivity index is 1.26. The van der Waals surface area contributed by atoms with Gasteiger partial charge in [-0.05, 0) is 59.4 Å². The van der Waals surface area contributed by atoms with Crippen LogP contribution < -0.4 is 25.8 Å². The number of hydrogen-bond acceptors (Lipinski definition) is 8. The number of anilines is 2. The molecular weight excluding hydrogens is 498 g/mol. The second-order valence-electron chi connectivity index (χ2n) is 8.60. The molecule has 1 unspecified atom stereocenters. The Labute approximate surface area is 216 Å². The van der Waals surface area contributed by atoms with Gasteiger partial charge in [0.15, 0.2) is 17.3 Å². The standard InChI is InChI=1S/C26H22ClN5O3S/c27-24-16(15-4-6-20-21(12-15)35-9-8-34-20)2-1-3-19(24)31-26-25-22(36-32-26)11-14(13-29-25)10-17(28)18-5-7-23(33)30-18/h1-4,6,10-13,18H,5,7-9,28H2,(H,30,33)(H,31,32). The summed E-state index contributed by atoms with van der Waals surface area (Å²) in [6, 6.07) is 13.5. The summed E-state index contributed by atoms with van der Waals surface area (Å²) in [5, 5.41) is 6.79. The van der Waals surface area contributed by atoms with Crippen molar-refractivity contribution in [2.45, 2.75) is 18.9 Å². The molecule has 8 nitrogen and oxygen atoms in total. The third-order valence-corrected chi connectivity index (χ3v) is 7.36. The van der Waals surface area contributed by atoms with Gasteiger partial charge in [-0.1, -0.05) is 29.8 Å². The van der Waals surface area contributed by atoms with Crippen LogP contribution in [0, 0.1) is 0 Å². The lowest BCUT2D eigenvalue weighted by atomic mass is 10.0. The number of benzene rings is 2. The van der Waals surface area contributed by atoms with E-state index < -0.39 is 0 Å². The minimum atomic E-state index is -0.129. The molecule has 0 bridgehead atoms. The van der Waals surface area contributed by atoms with E-state index in [0.29, 0.717) is 48.3 Å². The molecule has 0 spiro atoms. The monoisotopic (exact) mass is 519 g/mol. The number of rotatable bonds is 5. The molecule has 2 aromatic carbocycles. The molecule has 1 amide bonds. The topological polar surface area (TPSA) is 111 Å². The van der Waals surface area contributed by atoms with Crippen molar-refractivity contribution in [1.82, 2.24) is 14.7 Å². The van der Waals surface area contributed by atoms with E-state index in [1.165, 1.54) is 11.5 Å². The molecule has 1 fully saturated rings. The fraction of sp³-hybridized carbons (Fsp3) is 0.192. The van der Waals surface area contributed by atoms with Gasteiger partial charge in [0.05, 0.1) is 21.5 Å². The summed E-state index contributed by atoms with van der Waals surface area (Å²) >= 11 is 8.16. The second-order valence-corrected chi connectivity index (χ2v) is 9.78. The molecule has 1 saturated heterocycles. The van der Waals surface area contributed by atoms with Crippen LogP contribution in [0.5, 0.6) is 11.5 Å². The normalized spacial score (nSPS) is 17.3. The number of carbonyl (C=O) groups is 1. The first-order chi connectivity index (χ1) is 17.5. The van der Waals surface area contributed by atoms with Crippen LogP contribution in [0.15, 0.2) is 54.4 Å². The Morgan fingerprint density at radius 1 is 1.19 bits per heavy atom. The SMILES string of the molecule is NC(=Cc1cnc2c(Nc3cccc(-c4ccc5c(c4)OCCO5)c3Cl)nsc2c1)C1CCC(=O)N1. The van der Waals surface area contributed by atoms with E-state index in [-0.39, 0.29) is 11.9 Å². The van der Waals surface area contributed by atoms with E-state index in [0.717, 1.165) is 38.3 Å². The number of nitrogens with two attached hydrogens (primary N) is 1. The van der Waals surface area contributed by atoms with Crippen LogP contribution in [-0.4, -0.2) is 34.5 Å². The lowest BCUT2D eigenvalue weighted by molar-refractivity contribution is -0.119. The van der Waals surface area contributed by atoms with Crippen LogP contribution in [0.4, 0.5) is 11.5 Å². The highest BCUT2D eigenvalue weighted by Crippen LogP contribution is 2.40. The molecular formula is C26H22ClN5O3S. The van der Waals surface area contributed by atoms with E-state index >= 15 is 0 Å². The highest BCUT2D eigenvalue weighted by atomic mass is 35.5. The zero-order valence-corrected chi connectivity index (χ0v) is 20.7. The maximum atomic E-state index is 11.5. The van der Waals surface area contributed by atoms with Gasteiger partial charge in [-0.3, -0.25) is 9.78 Å². The third-order valence-electron chi connectivity index (χ3n) is 6.17. The largest absolute Gasteiger partial charge is 0.486 e. The molecule has 6 rings (SSSR count).